The van der Waals surface area contributed by atoms with Crippen molar-refractivity contribution in [3.8, 4) is 0 Å². The Labute approximate surface area is 123 Å². The van der Waals surface area contributed by atoms with Crippen LogP contribution in [0.2, 0.25) is 0 Å². The molecule has 0 unspecified atom stereocenters. The first kappa shape index (κ1) is 15.3. The molecule has 0 aliphatic rings. The highest BCUT2D eigenvalue weighted by Crippen LogP contribution is 2.19. The monoisotopic (exact) mass is 308 g/mol. The van der Waals surface area contributed by atoms with Crippen molar-refractivity contribution >= 4 is 21.6 Å². The quantitative estimate of drug-likeness (QED) is 0.931. The van der Waals surface area contributed by atoms with Crippen molar-refractivity contribution in [1.82, 2.24) is 0 Å². The summed E-state index contributed by atoms with van der Waals surface area (Å²) >= 11 is 0. The second-order valence-corrected chi connectivity index (χ2v) is 6.08. The normalized spacial score (nSPS) is 11.4. The average Bonchev–Trinajstić information content (AvgIpc) is 2.94. The van der Waals surface area contributed by atoms with Crippen LogP contribution in [0.5, 0.6) is 0 Å². The molecular formula is C14H16N2O4S. The van der Waals surface area contributed by atoms with Gasteiger partial charge in [0.15, 0.2) is 5.76 Å². The third kappa shape index (κ3) is 3.32. The molecule has 0 spiro atoms. The number of furan rings is 1. The van der Waals surface area contributed by atoms with Crippen LogP contribution in [-0.4, -0.2) is 21.4 Å². The molecule has 112 valence electrons. The number of primary sulfonamides is 1. The van der Waals surface area contributed by atoms with Crippen LogP contribution >= 0.6 is 0 Å². The first-order valence-corrected chi connectivity index (χ1v) is 7.87. The lowest BCUT2D eigenvalue weighted by Crippen LogP contribution is -2.25. The van der Waals surface area contributed by atoms with E-state index in [0.717, 1.165) is 5.76 Å². The predicted molar refractivity (Wildman–Crippen MR) is 78.6 cm³/mol. The summed E-state index contributed by atoms with van der Waals surface area (Å²) in [5, 5.41) is 5.03. The van der Waals surface area contributed by atoms with Gasteiger partial charge in [0.25, 0.3) is 5.91 Å². The molecule has 0 fully saturated rings. The molecule has 1 amide bonds. The van der Waals surface area contributed by atoms with E-state index < -0.39 is 10.0 Å². The molecule has 0 radical (unpaired) electrons. The number of amides is 1. The first-order chi connectivity index (χ1) is 9.82. The number of nitrogens with zero attached hydrogens (tertiary/aromatic N) is 1. The Balaban J connectivity index is 2.23. The maximum atomic E-state index is 12.2. The molecule has 2 N–H and O–H groups in total. The fraction of sp³-hybridized carbons (Fsp3) is 0.214. The Morgan fingerprint density at radius 1 is 1.19 bits per heavy atom. The Kier molecular flexibility index (Phi) is 4.15. The number of hydrogen-bond acceptors (Lipinski definition) is 4. The second-order valence-electron chi connectivity index (χ2n) is 4.52. The van der Waals surface area contributed by atoms with Crippen molar-refractivity contribution in [2.24, 2.45) is 5.14 Å². The summed E-state index contributed by atoms with van der Waals surface area (Å²) < 4.78 is 27.8. The molecular weight excluding hydrogens is 292 g/mol. The molecule has 0 saturated heterocycles. The standard InChI is InChI=1S/C14H16N2O4S/c1-3-11-6-9-13(20-11)14(17)16(2)10-4-7-12(8-5-10)21(15,18)19/h4-9H,3H2,1-2H3,(H2,15,18,19). The van der Waals surface area contributed by atoms with Gasteiger partial charge >= 0.3 is 0 Å². The summed E-state index contributed by atoms with van der Waals surface area (Å²) in [5.41, 5.74) is 0.543. The minimum absolute atomic E-state index is 0.00151. The van der Waals surface area contributed by atoms with E-state index >= 15 is 0 Å². The van der Waals surface area contributed by atoms with Crippen molar-refractivity contribution in [2.75, 3.05) is 11.9 Å². The molecule has 1 heterocycles. The Hall–Kier alpha value is -2.12. The van der Waals surface area contributed by atoms with E-state index in [1.807, 2.05) is 6.92 Å². The van der Waals surface area contributed by atoms with Crippen LogP contribution in [0.25, 0.3) is 0 Å². The number of carbonyl (C=O) groups is 1. The Bertz CT molecular complexity index is 748. The molecule has 0 bridgehead atoms. The summed E-state index contributed by atoms with van der Waals surface area (Å²) in [6.07, 6.45) is 0.708. The van der Waals surface area contributed by atoms with Gasteiger partial charge in [-0.25, -0.2) is 13.6 Å². The number of anilines is 1. The topological polar surface area (TPSA) is 93.6 Å². The van der Waals surface area contributed by atoms with Gasteiger partial charge in [-0.1, -0.05) is 6.92 Å². The summed E-state index contributed by atoms with van der Waals surface area (Å²) in [6, 6.07) is 9.12. The average molecular weight is 308 g/mol. The van der Waals surface area contributed by atoms with Crippen molar-refractivity contribution in [2.45, 2.75) is 18.2 Å². The third-order valence-corrected chi connectivity index (χ3v) is 4.01. The van der Waals surface area contributed by atoms with Crippen molar-refractivity contribution < 1.29 is 17.6 Å². The number of sulfonamides is 1. The first-order valence-electron chi connectivity index (χ1n) is 6.32. The lowest BCUT2D eigenvalue weighted by atomic mass is 10.3. The molecule has 2 rings (SSSR count). The van der Waals surface area contributed by atoms with Crippen LogP contribution in [0.1, 0.15) is 23.2 Å². The van der Waals surface area contributed by atoms with Crippen molar-refractivity contribution in [3.63, 3.8) is 0 Å². The predicted octanol–water partition coefficient (Wildman–Crippen LogP) is 1.77. The zero-order valence-corrected chi connectivity index (χ0v) is 12.6. The number of carbonyl (C=O) groups excluding carboxylic acids is 1. The van der Waals surface area contributed by atoms with Gasteiger partial charge < -0.3 is 9.32 Å². The fourth-order valence-electron chi connectivity index (χ4n) is 1.82. The number of aryl methyl sites for hydroxylation is 1. The molecule has 0 aliphatic carbocycles. The summed E-state index contributed by atoms with van der Waals surface area (Å²) in [7, 11) is -2.15. The van der Waals surface area contributed by atoms with Gasteiger partial charge in [0.1, 0.15) is 5.76 Å². The van der Waals surface area contributed by atoms with E-state index in [-0.39, 0.29) is 16.6 Å². The van der Waals surface area contributed by atoms with E-state index in [1.165, 1.54) is 29.2 Å². The highest BCUT2D eigenvalue weighted by atomic mass is 32.2. The molecule has 6 nitrogen and oxygen atoms in total. The molecule has 0 atom stereocenters. The number of rotatable bonds is 4. The Morgan fingerprint density at radius 2 is 1.81 bits per heavy atom. The number of benzene rings is 1. The van der Waals surface area contributed by atoms with E-state index in [9.17, 15) is 13.2 Å². The highest BCUT2D eigenvalue weighted by Gasteiger charge is 2.18. The Morgan fingerprint density at radius 3 is 2.29 bits per heavy atom. The molecule has 2 aromatic rings. The van der Waals surface area contributed by atoms with Crippen molar-refractivity contribution in [1.29, 1.82) is 0 Å². The highest BCUT2D eigenvalue weighted by molar-refractivity contribution is 7.89. The van der Waals surface area contributed by atoms with E-state index in [4.69, 9.17) is 9.56 Å². The summed E-state index contributed by atoms with van der Waals surface area (Å²) in [4.78, 5) is 13.6. The lowest BCUT2D eigenvalue weighted by molar-refractivity contribution is 0.0965. The van der Waals surface area contributed by atoms with Gasteiger partial charge in [0, 0.05) is 19.2 Å². The largest absolute Gasteiger partial charge is 0.456 e. The van der Waals surface area contributed by atoms with E-state index in [1.54, 1.807) is 19.2 Å². The zero-order valence-electron chi connectivity index (χ0n) is 11.7. The number of hydrogen-bond donors (Lipinski definition) is 1. The van der Waals surface area contributed by atoms with Crippen molar-refractivity contribution in [3.05, 3.63) is 47.9 Å². The third-order valence-electron chi connectivity index (χ3n) is 3.08. The minimum Gasteiger partial charge on any atom is -0.456 e. The van der Waals surface area contributed by atoms with Crippen LogP contribution in [0.3, 0.4) is 0 Å². The molecule has 0 saturated carbocycles. The van der Waals surface area contributed by atoms with Crippen LogP contribution in [0, 0.1) is 0 Å². The van der Waals surface area contributed by atoms with Crippen LogP contribution in [0.4, 0.5) is 5.69 Å². The SMILES string of the molecule is CCc1ccc(C(=O)N(C)c2ccc(S(N)(=O)=O)cc2)o1. The smallest absolute Gasteiger partial charge is 0.293 e. The van der Waals surface area contributed by atoms with Gasteiger partial charge in [-0.15, -0.1) is 0 Å². The molecule has 7 heteroatoms. The van der Waals surface area contributed by atoms with E-state index in [2.05, 4.69) is 0 Å². The van der Waals surface area contributed by atoms with E-state index in [0.29, 0.717) is 12.1 Å². The summed E-state index contributed by atoms with van der Waals surface area (Å²) in [6.45, 7) is 1.93. The van der Waals surface area contributed by atoms with Gasteiger partial charge in [-0.2, -0.15) is 0 Å². The lowest BCUT2D eigenvalue weighted by Gasteiger charge is -2.16. The minimum atomic E-state index is -3.74. The molecule has 0 aliphatic heterocycles. The van der Waals surface area contributed by atoms with Gasteiger partial charge in [0.05, 0.1) is 4.90 Å². The van der Waals surface area contributed by atoms with Gasteiger partial charge in [-0.3, -0.25) is 4.79 Å². The van der Waals surface area contributed by atoms with Crippen LogP contribution < -0.4 is 10.0 Å². The molecule has 21 heavy (non-hydrogen) atoms. The molecule has 1 aromatic carbocycles. The van der Waals surface area contributed by atoms with Gasteiger partial charge in [0.2, 0.25) is 10.0 Å². The van der Waals surface area contributed by atoms with Crippen LogP contribution in [0.15, 0.2) is 45.7 Å². The summed E-state index contributed by atoms with van der Waals surface area (Å²) in [5.74, 6) is 0.666. The zero-order chi connectivity index (χ0) is 15.6. The molecule has 1 aromatic heterocycles. The fourth-order valence-corrected chi connectivity index (χ4v) is 2.34. The number of nitrogens with two attached hydrogens (primary N) is 1. The maximum absolute atomic E-state index is 12.2. The maximum Gasteiger partial charge on any atom is 0.293 e. The van der Waals surface area contributed by atoms with Gasteiger partial charge in [-0.05, 0) is 36.4 Å². The van der Waals surface area contributed by atoms with Crippen LogP contribution in [-0.2, 0) is 16.4 Å². The second kappa shape index (κ2) is 5.71.